The fourth-order valence-electron chi connectivity index (χ4n) is 3.79. The van der Waals surface area contributed by atoms with Crippen LogP contribution < -0.4 is 10.7 Å². The van der Waals surface area contributed by atoms with Crippen LogP contribution >= 0.6 is 0 Å². The molecule has 0 aliphatic heterocycles. The standard InChI is InChI=1S/C24H28N2O3/c1-5-26(6-2)20(18-10-8-7-9-11-18)15-25-24(28)22-14-21(27)19-13-16(3)12-17(4)23(19)29-22/h7-14,20H,5-6,15H2,1-4H3,(H,25,28). The lowest BCUT2D eigenvalue weighted by molar-refractivity contribution is 0.0908. The zero-order valence-corrected chi connectivity index (χ0v) is 17.5. The number of rotatable bonds is 7. The summed E-state index contributed by atoms with van der Waals surface area (Å²) >= 11 is 0. The van der Waals surface area contributed by atoms with Crippen LogP contribution in [0.2, 0.25) is 0 Å². The van der Waals surface area contributed by atoms with Crippen molar-refractivity contribution in [2.24, 2.45) is 0 Å². The number of fused-ring (bicyclic) bond motifs is 1. The molecule has 1 atom stereocenters. The number of aryl methyl sites for hydroxylation is 2. The van der Waals surface area contributed by atoms with Gasteiger partial charge >= 0.3 is 0 Å². The molecule has 0 aliphatic carbocycles. The van der Waals surface area contributed by atoms with Gasteiger partial charge in [0, 0.05) is 12.6 Å². The maximum Gasteiger partial charge on any atom is 0.287 e. The van der Waals surface area contributed by atoms with Crippen LogP contribution in [0.4, 0.5) is 0 Å². The Labute approximate surface area is 171 Å². The van der Waals surface area contributed by atoms with E-state index in [0.29, 0.717) is 17.5 Å². The van der Waals surface area contributed by atoms with E-state index in [0.717, 1.165) is 29.8 Å². The summed E-state index contributed by atoms with van der Waals surface area (Å²) in [5.74, 6) is -0.335. The van der Waals surface area contributed by atoms with Crippen LogP contribution in [0.15, 0.2) is 57.7 Å². The van der Waals surface area contributed by atoms with Crippen molar-refractivity contribution in [2.75, 3.05) is 19.6 Å². The highest BCUT2D eigenvalue weighted by atomic mass is 16.3. The van der Waals surface area contributed by atoms with Gasteiger partial charge in [0.2, 0.25) is 0 Å². The van der Waals surface area contributed by atoms with E-state index < -0.39 is 0 Å². The van der Waals surface area contributed by atoms with Gasteiger partial charge in [-0.1, -0.05) is 50.2 Å². The molecule has 0 bridgehead atoms. The van der Waals surface area contributed by atoms with Crippen LogP contribution in [0.1, 0.15) is 47.1 Å². The molecule has 0 saturated carbocycles. The van der Waals surface area contributed by atoms with Crippen LogP contribution in [0.25, 0.3) is 11.0 Å². The molecule has 0 fully saturated rings. The number of hydrogen-bond acceptors (Lipinski definition) is 4. The van der Waals surface area contributed by atoms with Gasteiger partial charge in [-0.2, -0.15) is 0 Å². The molecule has 5 nitrogen and oxygen atoms in total. The zero-order chi connectivity index (χ0) is 21.0. The van der Waals surface area contributed by atoms with E-state index in [9.17, 15) is 9.59 Å². The molecule has 0 aliphatic rings. The van der Waals surface area contributed by atoms with Crippen molar-refractivity contribution < 1.29 is 9.21 Å². The molecule has 0 spiro atoms. The molecule has 0 radical (unpaired) electrons. The minimum absolute atomic E-state index is 0.0424. The van der Waals surface area contributed by atoms with Gasteiger partial charge in [-0.15, -0.1) is 0 Å². The highest BCUT2D eigenvalue weighted by Gasteiger charge is 2.20. The summed E-state index contributed by atoms with van der Waals surface area (Å²) in [5.41, 5.74) is 3.24. The predicted molar refractivity (Wildman–Crippen MR) is 116 cm³/mol. The minimum Gasteiger partial charge on any atom is -0.450 e. The summed E-state index contributed by atoms with van der Waals surface area (Å²) in [7, 11) is 0. The topological polar surface area (TPSA) is 62.6 Å². The van der Waals surface area contributed by atoms with Crippen molar-refractivity contribution in [1.29, 1.82) is 0 Å². The first-order valence-electron chi connectivity index (χ1n) is 10.1. The van der Waals surface area contributed by atoms with Gasteiger partial charge in [0.05, 0.1) is 11.4 Å². The number of benzene rings is 2. The Morgan fingerprint density at radius 1 is 1.07 bits per heavy atom. The Balaban J connectivity index is 1.86. The lowest BCUT2D eigenvalue weighted by Crippen LogP contribution is -2.38. The first kappa shape index (κ1) is 20.8. The third-order valence-electron chi connectivity index (χ3n) is 5.28. The van der Waals surface area contributed by atoms with Crippen molar-refractivity contribution in [1.82, 2.24) is 10.2 Å². The summed E-state index contributed by atoms with van der Waals surface area (Å²) in [4.78, 5) is 27.6. The van der Waals surface area contributed by atoms with E-state index in [-0.39, 0.29) is 23.1 Å². The van der Waals surface area contributed by atoms with E-state index in [1.54, 1.807) is 6.07 Å². The second-order valence-electron chi connectivity index (χ2n) is 7.29. The van der Waals surface area contributed by atoms with Crippen molar-refractivity contribution >= 4 is 16.9 Å². The van der Waals surface area contributed by atoms with Crippen molar-refractivity contribution in [3.05, 3.63) is 81.2 Å². The van der Waals surface area contributed by atoms with Gasteiger partial charge in [0.1, 0.15) is 5.58 Å². The molecule has 5 heteroatoms. The molecule has 1 aromatic heterocycles. The van der Waals surface area contributed by atoms with Crippen molar-refractivity contribution in [2.45, 2.75) is 33.7 Å². The third kappa shape index (κ3) is 4.57. The van der Waals surface area contributed by atoms with Gasteiger partial charge in [-0.25, -0.2) is 0 Å². The van der Waals surface area contributed by atoms with Crippen LogP contribution in [0, 0.1) is 13.8 Å². The Morgan fingerprint density at radius 2 is 1.76 bits per heavy atom. The summed E-state index contributed by atoms with van der Waals surface area (Å²) in [6, 6.07) is 15.2. The molecular formula is C24H28N2O3. The monoisotopic (exact) mass is 392 g/mol. The highest BCUT2D eigenvalue weighted by Crippen LogP contribution is 2.21. The average Bonchev–Trinajstić information content (AvgIpc) is 2.72. The molecule has 1 N–H and O–H groups in total. The van der Waals surface area contributed by atoms with Gasteiger partial charge in [0.25, 0.3) is 5.91 Å². The highest BCUT2D eigenvalue weighted by molar-refractivity contribution is 5.93. The van der Waals surface area contributed by atoms with Crippen LogP contribution in [0.5, 0.6) is 0 Å². The van der Waals surface area contributed by atoms with Gasteiger partial charge in [-0.05, 0) is 49.7 Å². The Morgan fingerprint density at radius 3 is 2.41 bits per heavy atom. The number of hydrogen-bond donors (Lipinski definition) is 1. The van der Waals surface area contributed by atoms with E-state index in [1.807, 2.05) is 38.1 Å². The number of amides is 1. The molecule has 3 rings (SSSR count). The van der Waals surface area contributed by atoms with Crippen molar-refractivity contribution in [3.8, 4) is 0 Å². The fourth-order valence-corrected chi connectivity index (χ4v) is 3.79. The smallest absolute Gasteiger partial charge is 0.287 e. The second-order valence-corrected chi connectivity index (χ2v) is 7.29. The Hall–Kier alpha value is -2.92. The van der Waals surface area contributed by atoms with E-state index in [2.05, 4.69) is 36.2 Å². The lowest BCUT2D eigenvalue weighted by atomic mass is 10.0. The molecule has 1 amide bonds. The fraction of sp³-hybridized carbons (Fsp3) is 0.333. The predicted octanol–water partition coefficient (Wildman–Crippen LogP) is 4.22. The third-order valence-corrected chi connectivity index (χ3v) is 5.28. The Bertz CT molecular complexity index is 1050. The first-order valence-corrected chi connectivity index (χ1v) is 10.1. The van der Waals surface area contributed by atoms with Crippen LogP contribution in [-0.4, -0.2) is 30.4 Å². The largest absolute Gasteiger partial charge is 0.450 e. The number of carbonyl (C=O) groups excluding carboxylic acids is 1. The molecule has 152 valence electrons. The molecule has 1 heterocycles. The lowest BCUT2D eigenvalue weighted by Gasteiger charge is -2.30. The van der Waals surface area contributed by atoms with Gasteiger partial charge in [0.15, 0.2) is 11.2 Å². The van der Waals surface area contributed by atoms with E-state index >= 15 is 0 Å². The average molecular weight is 392 g/mol. The van der Waals surface area contributed by atoms with Crippen LogP contribution in [0.3, 0.4) is 0 Å². The quantitative estimate of drug-likeness (QED) is 0.654. The molecule has 1 unspecified atom stereocenters. The van der Waals surface area contributed by atoms with Gasteiger partial charge < -0.3 is 9.73 Å². The second kappa shape index (κ2) is 9.05. The van der Waals surface area contributed by atoms with E-state index in [1.165, 1.54) is 6.07 Å². The number of nitrogens with one attached hydrogen (secondary N) is 1. The minimum atomic E-state index is -0.378. The first-order chi connectivity index (χ1) is 13.9. The van der Waals surface area contributed by atoms with Gasteiger partial charge in [-0.3, -0.25) is 14.5 Å². The number of nitrogens with zero attached hydrogens (tertiary/aromatic N) is 1. The number of carbonyl (C=O) groups is 1. The molecule has 2 aromatic carbocycles. The molecule has 3 aromatic rings. The molecular weight excluding hydrogens is 364 g/mol. The van der Waals surface area contributed by atoms with Crippen LogP contribution in [-0.2, 0) is 0 Å². The number of likely N-dealkylation sites (N-methyl/N-ethyl adjacent to an activating group) is 1. The summed E-state index contributed by atoms with van der Waals surface area (Å²) in [6.07, 6.45) is 0. The van der Waals surface area contributed by atoms with Crippen molar-refractivity contribution in [3.63, 3.8) is 0 Å². The summed E-state index contributed by atoms with van der Waals surface area (Å²) in [5, 5.41) is 3.46. The summed E-state index contributed by atoms with van der Waals surface area (Å²) in [6.45, 7) is 10.2. The SMILES string of the molecule is CCN(CC)C(CNC(=O)c1cc(=O)c2cc(C)cc(C)c2o1)c1ccccc1. The molecule has 29 heavy (non-hydrogen) atoms. The maximum absolute atomic E-state index is 12.8. The zero-order valence-electron chi connectivity index (χ0n) is 17.5. The Kier molecular flexibility index (Phi) is 6.49. The summed E-state index contributed by atoms with van der Waals surface area (Å²) < 4.78 is 5.82. The normalized spacial score (nSPS) is 12.3. The van der Waals surface area contributed by atoms with E-state index in [4.69, 9.17) is 4.42 Å². The maximum atomic E-state index is 12.8. The molecule has 0 saturated heterocycles.